The van der Waals surface area contributed by atoms with E-state index < -0.39 is 5.60 Å². The van der Waals surface area contributed by atoms with Gasteiger partial charge in [-0.05, 0) is 50.8 Å². The summed E-state index contributed by atoms with van der Waals surface area (Å²) in [7, 11) is 0. The molecule has 2 atom stereocenters. The molecule has 1 saturated heterocycles. The van der Waals surface area contributed by atoms with E-state index >= 15 is 0 Å². The number of aliphatic hydroxyl groups is 1. The molecule has 0 bridgehead atoms. The molecular formula is C15H24N2O. The Kier molecular flexibility index (Phi) is 3.93. The number of hydrogen-bond acceptors (Lipinski definition) is 3. The maximum atomic E-state index is 10.1. The summed E-state index contributed by atoms with van der Waals surface area (Å²) >= 11 is 0. The van der Waals surface area contributed by atoms with Gasteiger partial charge in [0.25, 0.3) is 0 Å². The van der Waals surface area contributed by atoms with Crippen LogP contribution in [0.3, 0.4) is 0 Å². The van der Waals surface area contributed by atoms with E-state index in [1.54, 1.807) is 0 Å². The maximum Gasteiger partial charge on any atom is 0.0637 e. The first kappa shape index (κ1) is 13.4. The lowest BCUT2D eigenvalue weighted by Crippen LogP contribution is -2.28. The topological polar surface area (TPSA) is 49.5 Å². The van der Waals surface area contributed by atoms with E-state index in [0.717, 1.165) is 32.4 Å². The number of nitrogens with zero attached hydrogens (tertiary/aromatic N) is 1. The van der Waals surface area contributed by atoms with Gasteiger partial charge in [0.1, 0.15) is 0 Å². The first-order chi connectivity index (χ1) is 8.48. The molecule has 100 valence electrons. The molecule has 1 aromatic carbocycles. The Balaban J connectivity index is 2.07. The van der Waals surface area contributed by atoms with Crippen LogP contribution in [0.2, 0.25) is 0 Å². The molecular weight excluding hydrogens is 224 g/mol. The quantitative estimate of drug-likeness (QED) is 0.845. The zero-order valence-electron chi connectivity index (χ0n) is 11.4. The summed E-state index contributed by atoms with van der Waals surface area (Å²) in [5.74, 6) is 0. The highest BCUT2D eigenvalue weighted by molar-refractivity contribution is 5.48. The minimum absolute atomic E-state index is 0.0870. The molecule has 1 aromatic rings. The second-order valence-corrected chi connectivity index (χ2v) is 5.72. The molecule has 2 rings (SSSR count). The predicted molar refractivity (Wildman–Crippen MR) is 75.7 cm³/mol. The van der Waals surface area contributed by atoms with Crippen molar-refractivity contribution in [2.24, 2.45) is 5.73 Å². The van der Waals surface area contributed by atoms with Crippen molar-refractivity contribution in [3.05, 3.63) is 29.8 Å². The molecule has 3 heteroatoms. The SMILES string of the molecule is C[C@@H](N)c1ccc(N2CCCC(C)(O)CC2)cc1. The van der Waals surface area contributed by atoms with Gasteiger partial charge in [0.15, 0.2) is 0 Å². The van der Waals surface area contributed by atoms with Crippen LogP contribution in [0.25, 0.3) is 0 Å². The Morgan fingerprint density at radius 2 is 1.89 bits per heavy atom. The van der Waals surface area contributed by atoms with E-state index in [0.29, 0.717) is 0 Å². The molecule has 0 radical (unpaired) electrons. The second kappa shape index (κ2) is 5.29. The van der Waals surface area contributed by atoms with E-state index in [1.165, 1.54) is 11.3 Å². The predicted octanol–water partition coefficient (Wildman–Crippen LogP) is 2.45. The Morgan fingerprint density at radius 3 is 2.50 bits per heavy atom. The summed E-state index contributed by atoms with van der Waals surface area (Å²) in [5.41, 5.74) is 7.76. The maximum absolute atomic E-state index is 10.1. The summed E-state index contributed by atoms with van der Waals surface area (Å²) in [6.07, 6.45) is 2.77. The van der Waals surface area contributed by atoms with Crippen LogP contribution in [-0.2, 0) is 0 Å². The van der Waals surface area contributed by atoms with Crippen molar-refractivity contribution in [3.63, 3.8) is 0 Å². The molecule has 3 N–H and O–H groups in total. The first-order valence-electron chi connectivity index (χ1n) is 6.81. The van der Waals surface area contributed by atoms with Gasteiger partial charge in [-0.2, -0.15) is 0 Å². The monoisotopic (exact) mass is 248 g/mol. The van der Waals surface area contributed by atoms with Crippen LogP contribution in [0.4, 0.5) is 5.69 Å². The van der Waals surface area contributed by atoms with E-state index in [1.807, 2.05) is 13.8 Å². The third-order valence-corrected chi connectivity index (χ3v) is 3.85. The molecule has 0 aliphatic carbocycles. The van der Waals surface area contributed by atoms with Gasteiger partial charge in [-0.25, -0.2) is 0 Å². The minimum atomic E-state index is -0.500. The standard InChI is InChI=1S/C15H24N2O/c1-12(16)13-4-6-14(7-5-13)17-10-3-8-15(2,18)9-11-17/h4-7,12,18H,3,8-11,16H2,1-2H3/t12-,15?/m1/s1. The fourth-order valence-corrected chi connectivity index (χ4v) is 2.51. The van der Waals surface area contributed by atoms with Gasteiger partial charge in [0.05, 0.1) is 5.60 Å². The van der Waals surface area contributed by atoms with Gasteiger partial charge in [-0.15, -0.1) is 0 Å². The van der Waals surface area contributed by atoms with Gasteiger partial charge >= 0.3 is 0 Å². The Hall–Kier alpha value is -1.06. The summed E-state index contributed by atoms with van der Waals surface area (Å²) in [6, 6.07) is 8.56. The minimum Gasteiger partial charge on any atom is -0.390 e. The van der Waals surface area contributed by atoms with Crippen LogP contribution in [0.15, 0.2) is 24.3 Å². The van der Waals surface area contributed by atoms with Crippen molar-refractivity contribution < 1.29 is 5.11 Å². The number of rotatable bonds is 2. The molecule has 0 spiro atoms. The number of benzene rings is 1. The number of nitrogens with two attached hydrogens (primary N) is 1. The molecule has 1 unspecified atom stereocenters. The zero-order valence-corrected chi connectivity index (χ0v) is 11.4. The zero-order chi connectivity index (χ0) is 13.2. The molecule has 0 amide bonds. The Bertz CT molecular complexity index is 384. The van der Waals surface area contributed by atoms with E-state index in [-0.39, 0.29) is 6.04 Å². The average molecular weight is 248 g/mol. The summed E-state index contributed by atoms with van der Waals surface area (Å²) in [4.78, 5) is 2.35. The van der Waals surface area contributed by atoms with Gasteiger partial charge in [-0.3, -0.25) is 0 Å². The first-order valence-corrected chi connectivity index (χ1v) is 6.81. The lowest BCUT2D eigenvalue weighted by Gasteiger charge is -2.24. The van der Waals surface area contributed by atoms with Crippen LogP contribution in [0.1, 0.15) is 44.7 Å². The van der Waals surface area contributed by atoms with Crippen molar-refractivity contribution in [1.29, 1.82) is 0 Å². The van der Waals surface area contributed by atoms with Crippen LogP contribution in [-0.4, -0.2) is 23.8 Å². The Labute approximate surface area is 110 Å². The molecule has 3 nitrogen and oxygen atoms in total. The average Bonchev–Trinajstić information content (AvgIpc) is 2.50. The second-order valence-electron chi connectivity index (χ2n) is 5.72. The molecule has 1 aliphatic heterocycles. The normalized spacial score (nSPS) is 26.8. The summed E-state index contributed by atoms with van der Waals surface area (Å²) in [5, 5.41) is 10.1. The fourth-order valence-electron chi connectivity index (χ4n) is 2.51. The largest absolute Gasteiger partial charge is 0.390 e. The Morgan fingerprint density at radius 1 is 1.22 bits per heavy atom. The molecule has 0 saturated carbocycles. The molecule has 1 aliphatic rings. The lowest BCUT2D eigenvalue weighted by atomic mass is 9.98. The van der Waals surface area contributed by atoms with Gasteiger partial charge in [0.2, 0.25) is 0 Å². The van der Waals surface area contributed by atoms with E-state index in [9.17, 15) is 5.11 Å². The fraction of sp³-hybridized carbons (Fsp3) is 0.600. The van der Waals surface area contributed by atoms with Crippen molar-refractivity contribution in [2.75, 3.05) is 18.0 Å². The lowest BCUT2D eigenvalue weighted by molar-refractivity contribution is 0.0481. The smallest absolute Gasteiger partial charge is 0.0637 e. The van der Waals surface area contributed by atoms with E-state index in [4.69, 9.17) is 5.73 Å². The van der Waals surface area contributed by atoms with Gasteiger partial charge < -0.3 is 15.7 Å². The van der Waals surface area contributed by atoms with Crippen LogP contribution >= 0.6 is 0 Å². The van der Waals surface area contributed by atoms with Crippen LogP contribution in [0.5, 0.6) is 0 Å². The third kappa shape index (κ3) is 3.24. The van der Waals surface area contributed by atoms with Crippen LogP contribution < -0.4 is 10.6 Å². The molecule has 0 aromatic heterocycles. The van der Waals surface area contributed by atoms with Gasteiger partial charge in [0, 0.05) is 24.8 Å². The van der Waals surface area contributed by atoms with Crippen molar-refractivity contribution in [3.8, 4) is 0 Å². The number of anilines is 1. The summed E-state index contributed by atoms with van der Waals surface area (Å²) in [6.45, 7) is 5.88. The highest BCUT2D eigenvalue weighted by Crippen LogP contribution is 2.26. The highest BCUT2D eigenvalue weighted by Gasteiger charge is 2.24. The van der Waals surface area contributed by atoms with Gasteiger partial charge in [-0.1, -0.05) is 12.1 Å². The third-order valence-electron chi connectivity index (χ3n) is 3.85. The van der Waals surface area contributed by atoms with Crippen molar-refractivity contribution in [1.82, 2.24) is 0 Å². The highest BCUT2D eigenvalue weighted by atomic mass is 16.3. The number of hydrogen-bond donors (Lipinski definition) is 2. The molecule has 1 fully saturated rings. The van der Waals surface area contributed by atoms with Crippen LogP contribution in [0, 0.1) is 0 Å². The van der Waals surface area contributed by atoms with E-state index in [2.05, 4.69) is 29.2 Å². The molecule has 18 heavy (non-hydrogen) atoms. The van der Waals surface area contributed by atoms with Crippen molar-refractivity contribution >= 4 is 5.69 Å². The summed E-state index contributed by atoms with van der Waals surface area (Å²) < 4.78 is 0. The molecule has 1 heterocycles. The van der Waals surface area contributed by atoms with Crippen molar-refractivity contribution in [2.45, 2.75) is 44.8 Å².